The van der Waals surface area contributed by atoms with Gasteiger partial charge in [-0.3, -0.25) is 0 Å². The van der Waals surface area contributed by atoms with Crippen LogP contribution in [-0.4, -0.2) is 55.3 Å². The number of aromatic nitrogens is 1. The van der Waals surface area contributed by atoms with Gasteiger partial charge in [-0.05, 0) is 32.0 Å². The molecule has 4 rings (SSSR count). The first-order chi connectivity index (χ1) is 15.2. The van der Waals surface area contributed by atoms with Crippen molar-refractivity contribution < 1.29 is 27.0 Å². The van der Waals surface area contributed by atoms with E-state index in [1.807, 2.05) is 7.05 Å². The summed E-state index contributed by atoms with van der Waals surface area (Å²) in [4.78, 5) is 8.06. The smallest absolute Gasteiger partial charge is 0.418 e. The van der Waals surface area contributed by atoms with E-state index in [0.29, 0.717) is 38.6 Å². The summed E-state index contributed by atoms with van der Waals surface area (Å²) in [7, 11) is 2.01. The third-order valence-corrected chi connectivity index (χ3v) is 5.83. The predicted octanol–water partition coefficient (Wildman–Crippen LogP) is 4.20. The minimum atomic E-state index is -4.78. The van der Waals surface area contributed by atoms with Crippen LogP contribution in [0.4, 0.5) is 23.4 Å². The molecule has 2 fully saturated rings. The van der Waals surface area contributed by atoms with Gasteiger partial charge in [-0.25, -0.2) is 4.39 Å². The van der Waals surface area contributed by atoms with Crippen molar-refractivity contribution in [2.45, 2.75) is 24.6 Å². The average Bonchev–Trinajstić information content (AvgIpc) is 2.73. The van der Waals surface area contributed by atoms with Gasteiger partial charge in [-0.1, -0.05) is 6.07 Å². The molecule has 0 bridgehead atoms. The minimum Gasteiger partial charge on any atom is -0.439 e. The zero-order valence-electron chi connectivity index (χ0n) is 17.5. The highest BCUT2D eigenvalue weighted by atomic mass is 19.4. The van der Waals surface area contributed by atoms with Gasteiger partial charge in [-0.15, -0.1) is 0 Å². The third kappa shape index (κ3) is 4.64. The number of benzene rings is 1. The molecule has 3 heterocycles. The fourth-order valence-corrected chi connectivity index (χ4v) is 4.24. The lowest BCUT2D eigenvalue weighted by Crippen LogP contribution is -2.56. The number of nitrogens with zero attached hydrogens (tertiary/aromatic N) is 4. The van der Waals surface area contributed by atoms with Gasteiger partial charge in [0.15, 0.2) is 5.82 Å². The van der Waals surface area contributed by atoms with Crippen molar-refractivity contribution in [2.24, 2.45) is 0 Å². The molecule has 2 aromatic rings. The molecule has 0 saturated carbocycles. The first-order valence-electron chi connectivity index (χ1n) is 10.2. The Morgan fingerprint density at radius 3 is 2.56 bits per heavy atom. The number of hydrogen-bond donors (Lipinski definition) is 0. The van der Waals surface area contributed by atoms with E-state index in [2.05, 4.69) is 9.88 Å². The van der Waals surface area contributed by atoms with Gasteiger partial charge < -0.3 is 19.3 Å². The SMILES string of the molecule is CN1CCOC2(CCN(c3nc(Oc4cccc(F)c4)cc(C(F)(F)F)c3C#N)CC2)C1. The van der Waals surface area contributed by atoms with E-state index >= 15 is 0 Å². The summed E-state index contributed by atoms with van der Waals surface area (Å²) in [5.41, 5.74) is -2.04. The fraction of sp³-hybridized carbons (Fsp3) is 0.455. The number of hydrogen-bond acceptors (Lipinski definition) is 6. The summed E-state index contributed by atoms with van der Waals surface area (Å²) >= 11 is 0. The van der Waals surface area contributed by atoms with E-state index < -0.39 is 23.1 Å². The summed E-state index contributed by atoms with van der Waals surface area (Å²) in [6.07, 6.45) is -3.59. The van der Waals surface area contributed by atoms with E-state index in [4.69, 9.17) is 9.47 Å². The molecular formula is C22H22F4N4O2. The molecule has 0 N–H and O–H groups in total. The topological polar surface area (TPSA) is 61.6 Å². The van der Waals surface area contributed by atoms with Crippen molar-refractivity contribution >= 4 is 5.82 Å². The molecule has 10 heteroatoms. The second-order valence-electron chi connectivity index (χ2n) is 8.13. The molecule has 1 aromatic heterocycles. The number of ether oxygens (including phenoxy) is 2. The number of pyridine rings is 1. The maximum atomic E-state index is 13.8. The molecule has 0 aliphatic carbocycles. The standard InChI is InChI=1S/C22H22F4N4O2/c1-29-9-10-31-21(14-29)5-7-30(8-6-21)20-17(13-27)18(22(24,25)26)12-19(28-20)32-16-4-2-3-15(23)11-16/h2-4,11-12H,5-10,14H2,1H3. The summed E-state index contributed by atoms with van der Waals surface area (Å²) < 4.78 is 66.2. The van der Waals surface area contributed by atoms with Crippen LogP contribution >= 0.6 is 0 Å². The number of likely N-dealkylation sites (N-methyl/N-ethyl adjacent to an activating group) is 1. The Morgan fingerprint density at radius 1 is 1.19 bits per heavy atom. The van der Waals surface area contributed by atoms with Gasteiger partial charge in [-0.2, -0.15) is 23.4 Å². The molecule has 0 atom stereocenters. The lowest BCUT2D eigenvalue weighted by Gasteiger charge is -2.46. The first-order valence-corrected chi connectivity index (χ1v) is 10.2. The second-order valence-corrected chi connectivity index (χ2v) is 8.13. The zero-order valence-corrected chi connectivity index (χ0v) is 17.5. The van der Waals surface area contributed by atoms with Crippen molar-refractivity contribution in [3.63, 3.8) is 0 Å². The molecule has 2 aliphatic rings. The van der Waals surface area contributed by atoms with Crippen LogP contribution < -0.4 is 9.64 Å². The molecule has 1 aromatic carbocycles. The molecule has 170 valence electrons. The molecule has 0 amide bonds. The number of nitriles is 1. The van der Waals surface area contributed by atoms with E-state index in [9.17, 15) is 22.8 Å². The maximum absolute atomic E-state index is 13.8. The van der Waals surface area contributed by atoms with Crippen LogP contribution in [0.25, 0.3) is 0 Å². The Bertz CT molecular complexity index is 1030. The molecule has 6 nitrogen and oxygen atoms in total. The molecular weight excluding hydrogens is 428 g/mol. The van der Waals surface area contributed by atoms with E-state index in [0.717, 1.165) is 19.2 Å². The third-order valence-electron chi connectivity index (χ3n) is 5.83. The molecule has 0 radical (unpaired) electrons. The molecule has 2 aliphatic heterocycles. The molecule has 2 saturated heterocycles. The lowest BCUT2D eigenvalue weighted by atomic mass is 9.89. The number of morpholine rings is 1. The first kappa shape index (κ1) is 22.3. The molecule has 0 unspecified atom stereocenters. The van der Waals surface area contributed by atoms with Crippen molar-refractivity contribution in [2.75, 3.05) is 44.7 Å². The van der Waals surface area contributed by atoms with Crippen LogP contribution in [0, 0.1) is 17.1 Å². The summed E-state index contributed by atoms with van der Waals surface area (Å²) in [6, 6.07) is 7.38. The Balaban J connectivity index is 1.67. The van der Waals surface area contributed by atoms with Crippen molar-refractivity contribution in [1.82, 2.24) is 9.88 Å². The maximum Gasteiger partial charge on any atom is 0.418 e. The van der Waals surface area contributed by atoms with Crippen LogP contribution in [0.3, 0.4) is 0 Å². The summed E-state index contributed by atoms with van der Waals surface area (Å²) in [5, 5.41) is 9.55. The normalized spacial score (nSPS) is 19.1. The average molecular weight is 450 g/mol. The minimum absolute atomic E-state index is 0.0116. The van der Waals surface area contributed by atoms with Crippen molar-refractivity contribution in [3.05, 3.63) is 47.3 Å². The van der Waals surface area contributed by atoms with E-state index in [1.165, 1.54) is 18.2 Å². The highest BCUT2D eigenvalue weighted by Crippen LogP contribution is 2.40. The second kappa shape index (κ2) is 8.56. The predicted molar refractivity (Wildman–Crippen MR) is 108 cm³/mol. The number of alkyl halides is 3. The van der Waals surface area contributed by atoms with Crippen LogP contribution in [0.5, 0.6) is 11.6 Å². The Hall–Kier alpha value is -2.90. The summed E-state index contributed by atoms with van der Waals surface area (Å²) in [5.74, 6) is -1.03. The largest absolute Gasteiger partial charge is 0.439 e. The zero-order chi connectivity index (χ0) is 22.9. The van der Waals surface area contributed by atoms with Gasteiger partial charge in [0.2, 0.25) is 5.88 Å². The Morgan fingerprint density at radius 2 is 1.94 bits per heavy atom. The van der Waals surface area contributed by atoms with Crippen LogP contribution in [0.15, 0.2) is 30.3 Å². The quantitative estimate of drug-likeness (QED) is 0.654. The van der Waals surface area contributed by atoms with Crippen LogP contribution in [-0.2, 0) is 10.9 Å². The number of piperidine rings is 1. The molecule has 1 spiro atoms. The molecule has 32 heavy (non-hydrogen) atoms. The summed E-state index contributed by atoms with van der Waals surface area (Å²) in [6.45, 7) is 2.95. The van der Waals surface area contributed by atoms with Gasteiger partial charge in [0.1, 0.15) is 23.2 Å². The van der Waals surface area contributed by atoms with Crippen molar-refractivity contribution in [1.29, 1.82) is 5.26 Å². The highest BCUT2D eigenvalue weighted by molar-refractivity contribution is 5.61. The van der Waals surface area contributed by atoms with Gasteiger partial charge >= 0.3 is 6.18 Å². The number of halogens is 4. The monoisotopic (exact) mass is 450 g/mol. The van der Waals surface area contributed by atoms with Crippen molar-refractivity contribution in [3.8, 4) is 17.7 Å². The van der Waals surface area contributed by atoms with Gasteiger partial charge in [0, 0.05) is 38.3 Å². The Labute approximate surface area is 183 Å². The van der Waals surface area contributed by atoms with E-state index in [1.54, 1.807) is 11.0 Å². The fourth-order valence-electron chi connectivity index (χ4n) is 4.24. The number of rotatable bonds is 3. The highest BCUT2D eigenvalue weighted by Gasteiger charge is 2.41. The van der Waals surface area contributed by atoms with E-state index in [-0.39, 0.29) is 23.0 Å². The van der Waals surface area contributed by atoms with Gasteiger partial charge in [0.05, 0.1) is 17.8 Å². The van der Waals surface area contributed by atoms with Gasteiger partial charge in [0.25, 0.3) is 0 Å². The van der Waals surface area contributed by atoms with Crippen LogP contribution in [0.1, 0.15) is 24.0 Å². The van der Waals surface area contributed by atoms with Crippen LogP contribution in [0.2, 0.25) is 0 Å². The number of anilines is 1. The Kier molecular flexibility index (Phi) is 5.97. The lowest BCUT2D eigenvalue weighted by molar-refractivity contribution is -0.138.